The fraction of sp³-hybridized carbons (Fsp3) is 0.0323. The van der Waals surface area contributed by atoms with Gasteiger partial charge in [-0.2, -0.15) is 5.10 Å². The molecule has 3 N–H and O–H groups in total. The molecule has 0 unspecified atom stereocenters. The first-order valence-electron chi connectivity index (χ1n) is 12.5. The zero-order chi connectivity index (χ0) is 28.4. The van der Waals surface area contributed by atoms with Gasteiger partial charge in [-0.15, -0.1) is 11.3 Å². The Kier molecular flexibility index (Phi) is 8.72. The van der Waals surface area contributed by atoms with Gasteiger partial charge in [-0.1, -0.05) is 54.6 Å². The summed E-state index contributed by atoms with van der Waals surface area (Å²) < 4.78 is 19.4. The maximum absolute atomic E-state index is 13.8. The fourth-order valence-corrected chi connectivity index (χ4v) is 4.48. The minimum absolute atomic E-state index is 0.0723. The van der Waals surface area contributed by atoms with Crippen LogP contribution < -0.4 is 20.8 Å². The van der Waals surface area contributed by atoms with Crippen molar-refractivity contribution < 1.29 is 18.7 Å². The second-order valence-electron chi connectivity index (χ2n) is 8.66. The number of anilines is 3. The fourth-order valence-electron chi connectivity index (χ4n) is 3.74. The Morgan fingerprint density at radius 3 is 2.44 bits per heavy atom. The quantitative estimate of drug-likeness (QED) is 0.133. The average Bonchev–Trinajstić information content (AvgIpc) is 3.47. The van der Waals surface area contributed by atoms with E-state index in [9.17, 15) is 14.0 Å². The normalized spacial score (nSPS) is 10.8. The van der Waals surface area contributed by atoms with Gasteiger partial charge in [-0.25, -0.2) is 14.8 Å². The predicted octanol–water partition coefficient (Wildman–Crippen LogP) is 6.47. The Bertz CT molecular complexity index is 1670. The molecule has 5 rings (SSSR count). The van der Waals surface area contributed by atoms with Crippen LogP contribution in [0, 0.1) is 5.82 Å². The molecule has 8 nitrogen and oxygen atoms in total. The molecule has 41 heavy (non-hydrogen) atoms. The molecular formula is C31H24FN5O3S. The number of thiazole rings is 1. The van der Waals surface area contributed by atoms with Crippen molar-refractivity contribution in [1.29, 1.82) is 0 Å². The Balaban J connectivity index is 1.15. The van der Waals surface area contributed by atoms with E-state index in [0.29, 0.717) is 16.9 Å². The molecule has 0 spiro atoms. The molecule has 1 heterocycles. The number of halogens is 1. The van der Waals surface area contributed by atoms with E-state index in [-0.39, 0.29) is 18.2 Å². The van der Waals surface area contributed by atoms with E-state index >= 15 is 0 Å². The van der Waals surface area contributed by atoms with Crippen molar-refractivity contribution in [3.05, 3.63) is 125 Å². The molecular weight excluding hydrogens is 541 g/mol. The van der Waals surface area contributed by atoms with E-state index in [1.165, 1.54) is 35.8 Å². The summed E-state index contributed by atoms with van der Waals surface area (Å²) in [5.74, 6) is -1.06. The predicted molar refractivity (Wildman–Crippen MR) is 159 cm³/mol. The highest BCUT2D eigenvalue weighted by atomic mass is 32.1. The lowest BCUT2D eigenvalue weighted by Crippen LogP contribution is -2.21. The number of aromatic nitrogens is 1. The lowest BCUT2D eigenvalue weighted by atomic mass is 10.1. The Hall–Kier alpha value is -5.35. The summed E-state index contributed by atoms with van der Waals surface area (Å²) in [4.78, 5) is 29.4. The monoisotopic (exact) mass is 565 g/mol. The summed E-state index contributed by atoms with van der Waals surface area (Å²) in [7, 11) is 0. The van der Waals surface area contributed by atoms with E-state index in [1.54, 1.807) is 42.5 Å². The van der Waals surface area contributed by atoms with Crippen molar-refractivity contribution in [2.45, 2.75) is 0 Å². The second kappa shape index (κ2) is 13.1. The van der Waals surface area contributed by atoms with Gasteiger partial charge in [0.15, 0.2) is 11.7 Å². The van der Waals surface area contributed by atoms with Crippen molar-refractivity contribution in [2.24, 2.45) is 5.10 Å². The number of amides is 2. The summed E-state index contributed by atoms with van der Waals surface area (Å²) in [5.41, 5.74) is 6.19. The highest BCUT2D eigenvalue weighted by molar-refractivity contribution is 7.14. The number of nitrogens with zero attached hydrogens (tertiary/aromatic N) is 2. The number of nitrogens with one attached hydrogen (secondary N) is 3. The first-order valence-corrected chi connectivity index (χ1v) is 13.4. The molecule has 0 aliphatic rings. The largest absolute Gasteiger partial charge is 0.483 e. The van der Waals surface area contributed by atoms with Gasteiger partial charge in [0.2, 0.25) is 0 Å². The van der Waals surface area contributed by atoms with Crippen LogP contribution in [0.25, 0.3) is 11.3 Å². The summed E-state index contributed by atoms with van der Waals surface area (Å²) >= 11 is 1.50. The van der Waals surface area contributed by atoms with Gasteiger partial charge in [0.25, 0.3) is 11.8 Å². The van der Waals surface area contributed by atoms with Gasteiger partial charge < -0.3 is 15.4 Å². The molecule has 1 aromatic heterocycles. The van der Waals surface area contributed by atoms with Crippen molar-refractivity contribution >= 4 is 45.9 Å². The minimum Gasteiger partial charge on any atom is -0.483 e. The Morgan fingerprint density at radius 2 is 1.63 bits per heavy atom. The van der Waals surface area contributed by atoms with Crippen molar-refractivity contribution in [1.82, 2.24) is 10.4 Å². The number of carbonyl (C=O) groups is 2. The number of rotatable bonds is 10. The van der Waals surface area contributed by atoms with Gasteiger partial charge in [0.05, 0.1) is 17.6 Å². The number of hydrazone groups is 1. The third-order valence-electron chi connectivity index (χ3n) is 5.77. The van der Waals surface area contributed by atoms with Crippen LogP contribution in [0.4, 0.5) is 20.9 Å². The number of benzene rings is 4. The molecule has 0 aliphatic carbocycles. The standard InChI is InChI=1S/C31H24FN5O3S/c32-25-11-5-6-12-26(25)35-29(38)19-40-28-13-7-4-8-23(28)18-33-37-30(39)22-16-14-21(15-17-22)27-20-41-31(36-27)34-24-9-2-1-3-10-24/h1-18,20H,19H2,(H,34,36)(H,35,38)(H,37,39)/b33-18+. The van der Waals surface area contributed by atoms with E-state index in [0.717, 1.165) is 22.1 Å². The Morgan fingerprint density at radius 1 is 0.902 bits per heavy atom. The molecule has 0 saturated carbocycles. The maximum atomic E-state index is 13.8. The van der Waals surface area contributed by atoms with Crippen LogP contribution in [-0.2, 0) is 4.79 Å². The summed E-state index contributed by atoms with van der Waals surface area (Å²) in [6.07, 6.45) is 1.42. The van der Waals surface area contributed by atoms with E-state index in [1.807, 2.05) is 47.8 Å². The van der Waals surface area contributed by atoms with Gasteiger partial charge >= 0.3 is 0 Å². The number of carbonyl (C=O) groups excluding carboxylic acids is 2. The second-order valence-corrected chi connectivity index (χ2v) is 9.52. The smallest absolute Gasteiger partial charge is 0.271 e. The summed E-state index contributed by atoms with van der Waals surface area (Å²) in [6.45, 7) is -0.333. The van der Waals surface area contributed by atoms with Crippen molar-refractivity contribution in [3.63, 3.8) is 0 Å². The zero-order valence-electron chi connectivity index (χ0n) is 21.6. The highest BCUT2D eigenvalue weighted by Gasteiger charge is 2.10. The molecule has 0 radical (unpaired) electrons. The average molecular weight is 566 g/mol. The van der Waals surface area contributed by atoms with Gasteiger partial charge in [-0.05, 0) is 48.5 Å². The van der Waals surface area contributed by atoms with Crippen LogP contribution in [0.3, 0.4) is 0 Å². The van der Waals surface area contributed by atoms with Crippen LogP contribution in [0.1, 0.15) is 15.9 Å². The molecule has 2 amide bonds. The van der Waals surface area contributed by atoms with Crippen LogP contribution in [0.2, 0.25) is 0 Å². The zero-order valence-corrected chi connectivity index (χ0v) is 22.4. The molecule has 0 saturated heterocycles. The van der Waals surface area contributed by atoms with Crippen LogP contribution in [-0.4, -0.2) is 29.6 Å². The van der Waals surface area contributed by atoms with Gasteiger partial charge in [-0.3, -0.25) is 9.59 Å². The maximum Gasteiger partial charge on any atom is 0.271 e. The first kappa shape index (κ1) is 27.2. The molecule has 0 atom stereocenters. The topological polar surface area (TPSA) is 105 Å². The van der Waals surface area contributed by atoms with Crippen LogP contribution >= 0.6 is 11.3 Å². The highest BCUT2D eigenvalue weighted by Crippen LogP contribution is 2.27. The molecule has 0 bridgehead atoms. The summed E-state index contributed by atoms with van der Waals surface area (Å²) in [5, 5.41) is 12.5. The molecule has 10 heteroatoms. The number of hydrogen-bond donors (Lipinski definition) is 3. The third kappa shape index (κ3) is 7.40. The third-order valence-corrected chi connectivity index (χ3v) is 6.53. The lowest BCUT2D eigenvalue weighted by Gasteiger charge is -2.10. The molecule has 204 valence electrons. The van der Waals surface area contributed by atoms with E-state index < -0.39 is 11.7 Å². The first-order chi connectivity index (χ1) is 20.0. The molecule has 0 fully saturated rings. The molecule has 4 aromatic carbocycles. The lowest BCUT2D eigenvalue weighted by molar-refractivity contribution is -0.118. The SMILES string of the molecule is O=C(COc1ccccc1/C=N/NC(=O)c1ccc(-c2csc(Nc3ccccc3)n2)cc1)Nc1ccccc1F. The van der Waals surface area contributed by atoms with Crippen molar-refractivity contribution in [2.75, 3.05) is 17.2 Å². The summed E-state index contributed by atoms with van der Waals surface area (Å²) in [6, 6.07) is 29.6. The minimum atomic E-state index is -0.535. The van der Waals surface area contributed by atoms with E-state index in [2.05, 4.69) is 26.1 Å². The van der Waals surface area contributed by atoms with Gasteiger partial charge in [0.1, 0.15) is 11.6 Å². The van der Waals surface area contributed by atoms with Crippen molar-refractivity contribution in [3.8, 4) is 17.0 Å². The number of hydrogen-bond acceptors (Lipinski definition) is 7. The van der Waals surface area contributed by atoms with Crippen LogP contribution in [0.5, 0.6) is 5.75 Å². The number of ether oxygens (including phenoxy) is 1. The molecule has 5 aromatic rings. The number of para-hydroxylation sites is 3. The van der Waals surface area contributed by atoms with Crippen LogP contribution in [0.15, 0.2) is 114 Å². The Labute approximate surface area is 239 Å². The van der Waals surface area contributed by atoms with Gasteiger partial charge in [0, 0.05) is 27.8 Å². The van der Waals surface area contributed by atoms with E-state index in [4.69, 9.17) is 4.74 Å². The molecule has 0 aliphatic heterocycles.